The van der Waals surface area contributed by atoms with E-state index in [1.165, 1.54) is 12.1 Å². The minimum atomic E-state index is -1.04. The van der Waals surface area contributed by atoms with E-state index in [-0.39, 0.29) is 11.7 Å². The molecule has 0 aromatic heterocycles. The van der Waals surface area contributed by atoms with E-state index in [1.807, 2.05) is 43.3 Å². The summed E-state index contributed by atoms with van der Waals surface area (Å²) in [5.74, 6) is -0.481. The molecule has 1 aliphatic carbocycles. The van der Waals surface area contributed by atoms with E-state index in [4.69, 9.17) is 28.9 Å². The van der Waals surface area contributed by atoms with Crippen LogP contribution in [-0.2, 0) is 10.2 Å². The van der Waals surface area contributed by atoms with Crippen molar-refractivity contribution >= 4 is 40.7 Å². The van der Waals surface area contributed by atoms with Gasteiger partial charge in [-0.3, -0.25) is 0 Å². The van der Waals surface area contributed by atoms with Crippen LogP contribution in [0.3, 0.4) is 0 Å². The monoisotopic (exact) mass is 453 g/mol. The van der Waals surface area contributed by atoms with Crippen molar-refractivity contribution in [3.05, 3.63) is 105 Å². The highest BCUT2D eigenvalue weighted by Crippen LogP contribution is 2.50. The van der Waals surface area contributed by atoms with Crippen molar-refractivity contribution < 1.29 is 9.18 Å². The molecule has 0 fully saturated rings. The zero-order chi connectivity index (χ0) is 22.2. The minimum Gasteiger partial charge on any atom is -0.398 e. The predicted molar refractivity (Wildman–Crippen MR) is 126 cm³/mol. The van der Waals surface area contributed by atoms with Crippen LogP contribution in [-0.4, -0.2) is 6.29 Å². The summed E-state index contributed by atoms with van der Waals surface area (Å²) in [6, 6.07) is 17.5. The first kappa shape index (κ1) is 21.6. The summed E-state index contributed by atoms with van der Waals surface area (Å²) in [4.78, 5) is 12.9. The lowest BCUT2D eigenvalue weighted by molar-refractivity contribution is -0.112. The van der Waals surface area contributed by atoms with Crippen LogP contribution in [0.5, 0.6) is 0 Å². The predicted octanol–water partition coefficient (Wildman–Crippen LogP) is 7.12. The van der Waals surface area contributed by atoms with Crippen LogP contribution in [0.4, 0.5) is 10.1 Å². The Morgan fingerprint density at radius 3 is 2.55 bits per heavy atom. The second-order valence-electron chi connectivity index (χ2n) is 8.06. The summed E-state index contributed by atoms with van der Waals surface area (Å²) >= 11 is 12.4. The first-order valence-electron chi connectivity index (χ1n) is 10.1. The Kier molecular flexibility index (Phi) is 5.92. The standard InChI is InChI=1S/C26H22Cl2FNO/c1-16-5-8-21(29)13-22(16)18-6-9-23(17-3-2-4-19(27)11-17)26(14-18,15-31)24-10-7-20(28)12-25(24)30/h2-5,7-8,10-15,23H,6,9,30H2,1H3/t23-,26+/m0/s1. The van der Waals surface area contributed by atoms with Gasteiger partial charge in [0.25, 0.3) is 0 Å². The van der Waals surface area contributed by atoms with E-state index in [0.29, 0.717) is 34.1 Å². The number of nitrogen functional groups attached to an aromatic ring is 1. The molecule has 0 heterocycles. The zero-order valence-corrected chi connectivity index (χ0v) is 18.6. The zero-order valence-electron chi connectivity index (χ0n) is 17.0. The number of aldehydes is 1. The van der Waals surface area contributed by atoms with Gasteiger partial charge in [0.15, 0.2) is 0 Å². The summed E-state index contributed by atoms with van der Waals surface area (Å²) in [5.41, 5.74) is 10.1. The van der Waals surface area contributed by atoms with Crippen LogP contribution in [0.2, 0.25) is 10.0 Å². The Labute approximate surface area is 191 Å². The third kappa shape index (κ3) is 4.00. The highest BCUT2D eigenvalue weighted by atomic mass is 35.5. The number of carbonyl (C=O) groups is 1. The van der Waals surface area contributed by atoms with Gasteiger partial charge in [-0.25, -0.2) is 4.39 Å². The number of allylic oxidation sites excluding steroid dienone is 2. The molecule has 2 N–H and O–H groups in total. The van der Waals surface area contributed by atoms with Gasteiger partial charge in [-0.1, -0.05) is 53.5 Å². The first-order chi connectivity index (χ1) is 14.8. The van der Waals surface area contributed by atoms with Gasteiger partial charge >= 0.3 is 0 Å². The van der Waals surface area contributed by atoms with Crippen molar-refractivity contribution in [1.82, 2.24) is 0 Å². The normalized spacial score (nSPS) is 20.9. The third-order valence-electron chi connectivity index (χ3n) is 6.16. The van der Waals surface area contributed by atoms with E-state index in [1.54, 1.807) is 18.2 Å². The number of rotatable bonds is 4. The van der Waals surface area contributed by atoms with Gasteiger partial charge in [0.1, 0.15) is 12.1 Å². The molecule has 0 aliphatic heterocycles. The van der Waals surface area contributed by atoms with Crippen LogP contribution in [0.25, 0.3) is 5.57 Å². The molecule has 2 atom stereocenters. The molecule has 31 heavy (non-hydrogen) atoms. The molecular formula is C26H22Cl2FNO. The number of aryl methyl sites for hydroxylation is 1. The van der Waals surface area contributed by atoms with Gasteiger partial charge in [-0.15, -0.1) is 0 Å². The highest BCUT2D eigenvalue weighted by Gasteiger charge is 2.43. The van der Waals surface area contributed by atoms with Crippen molar-refractivity contribution in [2.45, 2.75) is 31.1 Å². The van der Waals surface area contributed by atoms with Crippen LogP contribution < -0.4 is 5.73 Å². The molecule has 0 unspecified atom stereocenters. The average molecular weight is 454 g/mol. The fourth-order valence-corrected chi connectivity index (χ4v) is 5.07. The van der Waals surface area contributed by atoms with Gasteiger partial charge in [-0.2, -0.15) is 0 Å². The highest BCUT2D eigenvalue weighted by molar-refractivity contribution is 6.31. The molecule has 0 amide bonds. The maximum absolute atomic E-state index is 14.0. The molecule has 3 aromatic rings. The Morgan fingerprint density at radius 2 is 1.84 bits per heavy atom. The van der Waals surface area contributed by atoms with Gasteiger partial charge < -0.3 is 10.5 Å². The number of hydrogen-bond donors (Lipinski definition) is 1. The Balaban J connectivity index is 1.98. The molecule has 3 aromatic carbocycles. The smallest absolute Gasteiger partial charge is 0.135 e. The van der Waals surface area contributed by atoms with Crippen LogP contribution >= 0.6 is 23.2 Å². The SMILES string of the molecule is Cc1ccc(F)cc1C1=C[C@](C=O)(c2ccc(Cl)cc2N)[C@H](c2cccc(Cl)c2)CC1. The number of anilines is 1. The summed E-state index contributed by atoms with van der Waals surface area (Å²) in [6.45, 7) is 1.94. The fraction of sp³-hybridized carbons (Fsp3) is 0.192. The number of benzene rings is 3. The third-order valence-corrected chi connectivity index (χ3v) is 6.63. The topological polar surface area (TPSA) is 43.1 Å². The number of halogens is 3. The molecule has 0 radical (unpaired) electrons. The average Bonchev–Trinajstić information content (AvgIpc) is 2.75. The quantitative estimate of drug-likeness (QED) is 0.337. The molecule has 0 spiro atoms. The van der Waals surface area contributed by atoms with Crippen LogP contribution in [0.15, 0.2) is 66.7 Å². The maximum atomic E-state index is 14.0. The van der Waals surface area contributed by atoms with Gasteiger partial charge in [0, 0.05) is 21.7 Å². The minimum absolute atomic E-state index is 0.176. The molecule has 2 nitrogen and oxygen atoms in total. The summed E-state index contributed by atoms with van der Waals surface area (Å²) in [5, 5.41) is 1.11. The lowest BCUT2D eigenvalue weighted by Gasteiger charge is -2.40. The van der Waals surface area contributed by atoms with Gasteiger partial charge in [0.05, 0.1) is 5.41 Å². The summed E-state index contributed by atoms with van der Waals surface area (Å²) < 4.78 is 14.0. The van der Waals surface area contributed by atoms with E-state index in [2.05, 4.69) is 0 Å². The van der Waals surface area contributed by atoms with E-state index in [9.17, 15) is 9.18 Å². The first-order valence-corrected chi connectivity index (χ1v) is 10.8. The largest absolute Gasteiger partial charge is 0.398 e. The lowest BCUT2D eigenvalue weighted by Crippen LogP contribution is -2.37. The molecular weight excluding hydrogens is 432 g/mol. The van der Waals surface area contributed by atoms with Gasteiger partial charge in [-0.05, 0) is 84.0 Å². The summed E-state index contributed by atoms with van der Waals surface area (Å²) in [6.07, 6.45) is 4.29. The van der Waals surface area contributed by atoms with Crippen molar-refractivity contribution in [1.29, 1.82) is 0 Å². The van der Waals surface area contributed by atoms with Crippen LogP contribution in [0, 0.1) is 12.7 Å². The molecule has 5 heteroatoms. The fourth-order valence-electron chi connectivity index (χ4n) is 4.69. The number of nitrogens with two attached hydrogens (primary N) is 1. The van der Waals surface area contributed by atoms with Crippen molar-refractivity contribution in [3.8, 4) is 0 Å². The van der Waals surface area contributed by atoms with E-state index >= 15 is 0 Å². The molecule has 0 saturated carbocycles. The van der Waals surface area contributed by atoms with E-state index < -0.39 is 5.41 Å². The second-order valence-corrected chi connectivity index (χ2v) is 8.93. The van der Waals surface area contributed by atoms with Crippen molar-refractivity contribution in [2.75, 3.05) is 5.73 Å². The maximum Gasteiger partial charge on any atom is 0.135 e. The van der Waals surface area contributed by atoms with Gasteiger partial charge in [0.2, 0.25) is 0 Å². The van der Waals surface area contributed by atoms with Crippen molar-refractivity contribution in [2.24, 2.45) is 0 Å². The second kappa shape index (κ2) is 8.49. The summed E-state index contributed by atoms with van der Waals surface area (Å²) in [7, 11) is 0. The van der Waals surface area contributed by atoms with E-state index in [0.717, 1.165) is 28.5 Å². The molecule has 0 bridgehead atoms. The number of carbonyl (C=O) groups excluding carboxylic acids is 1. The lowest BCUT2D eigenvalue weighted by atomic mass is 9.62. The Bertz CT molecular complexity index is 1190. The van der Waals surface area contributed by atoms with Crippen LogP contribution in [0.1, 0.15) is 41.0 Å². The molecule has 1 aliphatic rings. The molecule has 4 rings (SSSR count). The molecule has 158 valence electrons. The molecule has 0 saturated heterocycles. The number of hydrogen-bond acceptors (Lipinski definition) is 2. The van der Waals surface area contributed by atoms with Crippen molar-refractivity contribution in [3.63, 3.8) is 0 Å². The Hall–Kier alpha value is -2.62. The Morgan fingerprint density at radius 1 is 1.06 bits per heavy atom.